The van der Waals surface area contributed by atoms with Crippen LogP contribution in [0.5, 0.6) is 0 Å². The van der Waals surface area contributed by atoms with E-state index in [4.69, 9.17) is 4.42 Å². The third-order valence-electron chi connectivity index (χ3n) is 3.46. The number of carbonyl (C=O) groups excluding carboxylic acids is 1. The SMILES string of the molecule is O=C(NC[C@@](O)(c1ccco1)C1CC1)c1cccs1. The number of hydrogen-bond acceptors (Lipinski definition) is 4. The van der Waals surface area contributed by atoms with Gasteiger partial charge in [0.25, 0.3) is 5.91 Å². The van der Waals surface area contributed by atoms with Crippen molar-refractivity contribution >= 4 is 17.2 Å². The summed E-state index contributed by atoms with van der Waals surface area (Å²) in [6, 6.07) is 7.11. The highest BCUT2D eigenvalue weighted by molar-refractivity contribution is 7.12. The zero-order chi connectivity index (χ0) is 13.3. The molecule has 1 amide bonds. The third-order valence-corrected chi connectivity index (χ3v) is 4.33. The first-order valence-electron chi connectivity index (χ1n) is 6.28. The predicted octanol–water partition coefficient (Wildman–Crippen LogP) is 2.37. The van der Waals surface area contributed by atoms with E-state index in [1.165, 1.54) is 11.3 Å². The Morgan fingerprint density at radius 3 is 2.89 bits per heavy atom. The summed E-state index contributed by atoms with van der Waals surface area (Å²) in [5.74, 6) is 0.546. The second kappa shape index (κ2) is 4.83. The van der Waals surface area contributed by atoms with Crippen molar-refractivity contribution in [2.24, 2.45) is 5.92 Å². The maximum absolute atomic E-state index is 11.9. The molecule has 2 heterocycles. The average molecular weight is 277 g/mol. The van der Waals surface area contributed by atoms with Crippen LogP contribution in [0.2, 0.25) is 0 Å². The van der Waals surface area contributed by atoms with Gasteiger partial charge in [0.15, 0.2) is 0 Å². The Balaban J connectivity index is 1.71. The molecule has 1 atom stereocenters. The van der Waals surface area contributed by atoms with Crippen LogP contribution in [-0.2, 0) is 5.60 Å². The molecule has 0 spiro atoms. The van der Waals surface area contributed by atoms with Gasteiger partial charge in [0.2, 0.25) is 0 Å². The Morgan fingerprint density at radius 1 is 1.47 bits per heavy atom. The molecule has 2 aromatic heterocycles. The first-order valence-corrected chi connectivity index (χ1v) is 7.16. The number of hydrogen-bond donors (Lipinski definition) is 2. The fourth-order valence-electron chi connectivity index (χ4n) is 2.23. The second-order valence-electron chi connectivity index (χ2n) is 4.84. The van der Waals surface area contributed by atoms with E-state index in [0.717, 1.165) is 12.8 Å². The van der Waals surface area contributed by atoms with Crippen molar-refractivity contribution in [1.29, 1.82) is 0 Å². The molecule has 0 aliphatic heterocycles. The van der Waals surface area contributed by atoms with Gasteiger partial charge in [0, 0.05) is 0 Å². The topological polar surface area (TPSA) is 62.5 Å². The van der Waals surface area contributed by atoms with Gasteiger partial charge < -0.3 is 14.8 Å². The summed E-state index contributed by atoms with van der Waals surface area (Å²) in [7, 11) is 0. The molecular weight excluding hydrogens is 262 g/mol. The summed E-state index contributed by atoms with van der Waals surface area (Å²) in [6.45, 7) is 0.182. The lowest BCUT2D eigenvalue weighted by Gasteiger charge is -2.26. The lowest BCUT2D eigenvalue weighted by molar-refractivity contribution is -0.00607. The quantitative estimate of drug-likeness (QED) is 0.882. The molecule has 4 nitrogen and oxygen atoms in total. The summed E-state index contributed by atoms with van der Waals surface area (Å²) in [5.41, 5.74) is -1.09. The molecule has 100 valence electrons. The number of aliphatic hydroxyl groups is 1. The molecule has 3 rings (SSSR count). The van der Waals surface area contributed by atoms with Crippen LogP contribution in [0, 0.1) is 5.92 Å². The minimum atomic E-state index is -1.09. The van der Waals surface area contributed by atoms with Crippen molar-refractivity contribution < 1.29 is 14.3 Å². The van der Waals surface area contributed by atoms with Crippen LogP contribution in [-0.4, -0.2) is 17.6 Å². The summed E-state index contributed by atoms with van der Waals surface area (Å²) in [6.07, 6.45) is 3.47. The third kappa shape index (κ3) is 2.43. The zero-order valence-electron chi connectivity index (χ0n) is 10.3. The summed E-state index contributed by atoms with van der Waals surface area (Å²) in [4.78, 5) is 12.6. The number of nitrogens with one attached hydrogen (secondary N) is 1. The summed E-state index contributed by atoms with van der Waals surface area (Å²) >= 11 is 1.39. The first kappa shape index (κ1) is 12.4. The molecule has 2 N–H and O–H groups in total. The minimum absolute atomic E-state index is 0.152. The van der Waals surface area contributed by atoms with Gasteiger partial charge in [-0.15, -0.1) is 11.3 Å². The molecule has 2 aromatic rings. The molecule has 19 heavy (non-hydrogen) atoms. The van der Waals surface area contributed by atoms with E-state index < -0.39 is 5.60 Å². The van der Waals surface area contributed by atoms with Gasteiger partial charge in [-0.2, -0.15) is 0 Å². The highest BCUT2D eigenvalue weighted by atomic mass is 32.1. The average Bonchev–Trinajstić information content (AvgIpc) is 2.95. The fourth-order valence-corrected chi connectivity index (χ4v) is 2.87. The van der Waals surface area contributed by atoms with E-state index >= 15 is 0 Å². The normalized spacial score (nSPS) is 17.9. The van der Waals surface area contributed by atoms with E-state index in [-0.39, 0.29) is 18.4 Å². The lowest BCUT2D eigenvalue weighted by Crippen LogP contribution is -2.42. The Kier molecular flexibility index (Phi) is 3.16. The first-order chi connectivity index (χ1) is 9.20. The van der Waals surface area contributed by atoms with E-state index in [9.17, 15) is 9.90 Å². The molecule has 0 bridgehead atoms. The largest absolute Gasteiger partial charge is 0.466 e. The second-order valence-corrected chi connectivity index (χ2v) is 5.78. The van der Waals surface area contributed by atoms with Gasteiger partial charge in [-0.3, -0.25) is 4.79 Å². The number of furan rings is 1. The van der Waals surface area contributed by atoms with Gasteiger partial charge in [0.1, 0.15) is 11.4 Å². The Labute approximate surface area is 115 Å². The van der Waals surface area contributed by atoms with Gasteiger partial charge in [-0.05, 0) is 42.3 Å². The molecule has 1 aliphatic carbocycles. The fraction of sp³-hybridized carbons (Fsp3) is 0.357. The van der Waals surface area contributed by atoms with Gasteiger partial charge in [-0.1, -0.05) is 6.07 Å². The number of carbonyl (C=O) groups is 1. The summed E-state index contributed by atoms with van der Waals surface area (Å²) in [5, 5.41) is 15.4. The lowest BCUT2D eigenvalue weighted by atomic mass is 9.94. The maximum Gasteiger partial charge on any atom is 0.261 e. The monoisotopic (exact) mass is 277 g/mol. The molecule has 1 saturated carbocycles. The van der Waals surface area contributed by atoms with E-state index in [2.05, 4.69) is 5.32 Å². The molecule has 0 unspecified atom stereocenters. The van der Waals surface area contributed by atoms with Crippen molar-refractivity contribution in [1.82, 2.24) is 5.32 Å². The molecule has 0 aromatic carbocycles. The van der Waals surface area contributed by atoms with Crippen LogP contribution in [0.15, 0.2) is 40.3 Å². The van der Waals surface area contributed by atoms with Crippen LogP contribution in [0.25, 0.3) is 0 Å². The maximum atomic E-state index is 11.9. The Morgan fingerprint density at radius 2 is 2.32 bits per heavy atom. The Hall–Kier alpha value is -1.59. The van der Waals surface area contributed by atoms with E-state index in [1.807, 2.05) is 11.4 Å². The summed E-state index contributed by atoms with van der Waals surface area (Å²) < 4.78 is 5.32. The standard InChI is InChI=1S/C14H15NO3S/c16-13(11-3-2-8-19-11)15-9-14(17,10-5-6-10)12-4-1-7-18-12/h1-4,7-8,10,17H,5-6,9H2,(H,15,16)/t14-/m0/s1. The van der Waals surface area contributed by atoms with Crippen molar-refractivity contribution in [3.05, 3.63) is 46.5 Å². The van der Waals surface area contributed by atoms with Crippen molar-refractivity contribution in [3.8, 4) is 0 Å². The molecule has 1 aliphatic rings. The van der Waals surface area contributed by atoms with Gasteiger partial charge in [0.05, 0.1) is 17.7 Å². The predicted molar refractivity (Wildman–Crippen MR) is 72.0 cm³/mol. The Bertz CT molecular complexity index is 545. The minimum Gasteiger partial charge on any atom is -0.466 e. The number of amides is 1. The van der Waals surface area contributed by atoms with Crippen LogP contribution in [0.4, 0.5) is 0 Å². The van der Waals surface area contributed by atoms with Crippen LogP contribution >= 0.6 is 11.3 Å². The van der Waals surface area contributed by atoms with Crippen LogP contribution in [0.1, 0.15) is 28.3 Å². The smallest absolute Gasteiger partial charge is 0.261 e. The van der Waals surface area contributed by atoms with Crippen molar-refractivity contribution in [2.45, 2.75) is 18.4 Å². The molecule has 0 saturated heterocycles. The zero-order valence-corrected chi connectivity index (χ0v) is 11.2. The van der Waals surface area contributed by atoms with Crippen molar-refractivity contribution in [2.75, 3.05) is 6.54 Å². The molecule has 5 heteroatoms. The van der Waals surface area contributed by atoms with E-state index in [1.54, 1.807) is 24.5 Å². The van der Waals surface area contributed by atoms with Crippen molar-refractivity contribution in [3.63, 3.8) is 0 Å². The highest BCUT2D eigenvalue weighted by Crippen LogP contribution is 2.45. The highest BCUT2D eigenvalue weighted by Gasteiger charge is 2.47. The van der Waals surface area contributed by atoms with Gasteiger partial charge in [-0.25, -0.2) is 0 Å². The molecule has 0 radical (unpaired) electrons. The van der Waals surface area contributed by atoms with Crippen LogP contribution < -0.4 is 5.32 Å². The van der Waals surface area contributed by atoms with E-state index in [0.29, 0.717) is 10.6 Å². The molecule has 1 fully saturated rings. The van der Waals surface area contributed by atoms with Gasteiger partial charge >= 0.3 is 0 Å². The van der Waals surface area contributed by atoms with Crippen LogP contribution in [0.3, 0.4) is 0 Å². The number of thiophene rings is 1. The molecular formula is C14H15NO3S. The number of rotatable bonds is 5.